The fourth-order valence-corrected chi connectivity index (χ4v) is 2.97. The molecule has 0 fully saturated rings. The number of methoxy groups -OCH3 is 1. The highest BCUT2D eigenvalue weighted by Crippen LogP contribution is 2.49. The molecule has 1 aliphatic rings. The van der Waals surface area contributed by atoms with Crippen molar-refractivity contribution in [3.05, 3.63) is 71.6 Å². The van der Waals surface area contributed by atoms with Crippen molar-refractivity contribution in [1.82, 2.24) is 0 Å². The number of alkyl halides is 3. The molecule has 2 aromatic carbocycles. The van der Waals surface area contributed by atoms with Gasteiger partial charge in [-0.1, -0.05) is 30.3 Å². The second-order valence-electron chi connectivity index (χ2n) is 5.91. The van der Waals surface area contributed by atoms with Gasteiger partial charge in [-0.25, -0.2) is 9.18 Å². The van der Waals surface area contributed by atoms with Crippen molar-refractivity contribution in [2.24, 2.45) is 0 Å². The number of carbonyl (C=O) groups excluding carboxylic acids is 2. The minimum Gasteiger partial charge on any atom is -0.466 e. The number of hydrogen-bond donors (Lipinski definition) is 1. The molecule has 1 aliphatic heterocycles. The number of esters is 1. The van der Waals surface area contributed by atoms with Gasteiger partial charge in [-0.3, -0.25) is 9.69 Å². The molecule has 0 aliphatic carbocycles. The number of amides is 1. The van der Waals surface area contributed by atoms with Gasteiger partial charge in [-0.15, -0.1) is 0 Å². The SMILES string of the molecule is COC(=O)C1=C(c2ccccc2)N(c2ccc(F)cc2)C(=O)C1(O)C(F)(F)F. The predicted molar refractivity (Wildman–Crippen MR) is 90.3 cm³/mol. The monoisotopic (exact) mass is 395 g/mol. The molecule has 28 heavy (non-hydrogen) atoms. The molecule has 2 aromatic rings. The Morgan fingerprint density at radius 3 is 2.14 bits per heavy atom. The second-order valence-corrected chi connectivity index (χ2v) is 5.91. The van der Waals surface area contributed by atoms with E-state index in [0.29, 0.717) is 4.90 Å². The van der Waals surface area contributed by atoms with Gasteiger partial charge < -0.3 is 9.84 Å². The Morgan fingerprint density at radius 1 is 1.07 bits per heavy atom. The maximum atomic E-state index is 13.8. The van der Waals surface area contributed by atoms with E-state index < -0.39 is 40.7 Å². The molecule has 0 radical (unpaired) electrons. The second kappa shape index (κ2) is 6.75. The van der Waals surface area contributed by atoms with E-state index in [2.05, 4.69) is 4.74 Å². The first kappa shape index (κ1) is 19.6. The van der Waals surface area contributed by atoms with Gasteiger partial charge in [0.05, 0.1) is 12.8 Å². The number of halogens is 4. The van der Waals surface area contributed by atoms with Gasteiger partial charge in [0.2, 0.25) is 0 Å². The summed E-state index contributed by atoms with van der Waals surface area (Å²) >= 11 is 0. The van der Waals surface area contributed by atoms with Crippen molar-refractivity contribution in [1.29, 1.82) is 0 Å². The van der Waals surface area contributed by atoms with Gasteiger partial charge in [-0.2, -0.15) is 13.2 Å². The summed E-state index contributed by atoms with van der Waals surface area (Å²) in [4.78, 5) is 25.6. The van der Waals surface area contributed by atoms with Crippen molar-refractivity contribution in [2.45, 2.75) is 11.8 Å². The van der Waals surface area contributed by atoms with E-state index in [9.17, 15) is 32.3 Å². The molecular weight excluding hydrogens is 382 g/mol. The van der Waals surface area contributed by atoms with Crippen LogP contribution in [-0.4, -0.2) is 35.9 Å². The van der Waals surface area contributed by atoms with E-state index in [1.807, 2.05) is 0 Å². The molecular formula is C19H13F4NO4. The van der Waals surface area contributed by atoms with Crippen LogP contribution in [0.1, 0.15) is 5.56 Å². The fraction of sp³-hybridized carbons (Fsp3) is 0.158. The number of carbonyl (C=O) groups is 2. The summed E-state index contributed by atoms with van der Waals surface area (Å²) < 4.78 is 59.1. The van der Waals surface area contributed by atoms with Crippen LogP contribution in [0.25, 0.3) is 5.70 Å². The summed E-state index contributed by atoms with van der Waals surface area (Å²) in [6.07, 6.45) is -5.51. The van der Waals surface area contributed by atoms with Crippen molar-refractivity contribution < 1.29 is 37.0 Å². The lowest BCUT2D eigenvalue weighted by Crippen LogP contribution is -2.55. The first-order valence-corrected chi connectivity index (χ1v) is 7.90. The average Bonchev–Trinajstić information content (AvgIpc) is 2.91. The molecule has 146 valence electrons. The predicted octanol–water partition coefficient (Wildman–Crippen LogP) is 3.05. The zero-order valence-electron chi connectivity index (χ0n) is 14.3. The van der Waals surface area contributed by atoms with Crippen molar-refractivity contribution >= 4 is 23.3 Å². The Balaban J connectivity index is 2.39. The molecule has 0 saturated carbocycles. The average molecular weight is 395 g/mol. The third-order valence-electron chi connectivity index (χ3n) is 4.27. The van der Waals surface area contributed by atoms with E-state index >= 15 is 0 Å². The van der Waals surface area contributed by atoms with Crippen LogP contribution in [0.3, 0.4) is 0 Å². The third-order valence-corrected chi connectivity index (χ3v) is 4.27. The lowest BCUT2D eigenvalue weighted by Gasteiger charge is -2.27. The molecule has 1 amide bonds. The van der Waals surface area contributed by atoms with E-state index in [0.717, 1.165) is 31.4 Å². The van der Waals surface area contributed by atoms with Crippen molar-refractivity contribution in [3.63, 3.8) is 0 Å². The van der Waals surface area contributed by atoms with Crippen LogP contribution in [0.5, 0.6) is 0 Å². The number of rotatable bonds is 3. The van der Waals surface area contributed by atoms with Crippen molar-refractivity contribution in [3.8, 4) is 0 Å². The lowest BCUT2D eigenvalue weighted by atomic mass is 9.92. The van der Waals surface area contributed by atoms with Gasteiger partial charge >= 0.3 is 12.1 Å². The van der Waals surface area contributed by atoms with Crippen LogP contribution in [-0.2, 0) is 14.3 Å². The van der Waals surface area contributed by atoms with Crippen LogP contribution in [0.2, 0.25) is 0 Å². The van der Waals surface area contributed by atoms with Gasteiger partial charge in [0.25, 0.3) is 11.5 Å². The molecule has 0 spiro atoms. The summed E-state index contributed by atoms with van der Waals surface area (Å²) in [6, 6.07) is 11.3. The standard InChI is InChI=1S/C19H13F4NO4/c1-28-16(25)14-15(11-5-3-2-4-6-11)24(13-9-7-12(20)8-10-13)17(26)18(14,27)19(21,22)23/h2-10,27H,1H3. The van der Waals surface area contributed by atoms with Gasteiger partial charge in [-0.05, 0) is 29.8 Å². The quantitative estimate of drug-likeness (QED) is 0.641. The maximum absolute atomic E-state index is 13.8. The molecule has 1 atom stereocenters. The topological polar surface area (TPSA) is 66.8 Å². The van der Waals surface area contributed by atoms with Gasteiger partial charge in [0, 0.05) is 5.69 Å². The molecule has 3 rings (SSSR count). The van der Waals surface area contributed by atoms with E-state index in [1.54, 1.807) is 6.07 Å². The Hall–Kier alpha value is -3.20. The Kier molecular flexibility index (Phi) is 4.72. The molecule has 0 saturated heterocycles. The highest BCUT2D eigenvalue weighted by Gasteiger charge is 2.70. The van der Waals surface area contributed by atoms with Crippen LogP contribution in [0.15, 0.2) is 60.2 Å². The number of nitrogens with zero attached hydrogens (tertiary/aromatic N) is 1. The first-order valence-electron chi connectivity index (χ1n) is 7.90. The molecule has 9 heteroatoms. The zero-order chi connectivity index (χ0) is 20.7. The zero-order valence-corrected chi connectivity index (χ0v) is 14.3. The van der Waals surface area contributed by atoms with E-state index in [1.165, 1.54) is 24.3 Å². The number of benzene rings is 2. The van der Waals surface area contributed by atoms with Gasteiger partial charge in [0.15, 0.2) is 0 Å². The summed E-state index contributed by atoms with van der Waals surface area (Å²) in [7, 11) is 0.833. The summed E-state index contributed by atoms with van der Waals surface area (Å²) in [6.45, 7) is 0. The number of aliphatic hydroxyl groups is 1. The van der Waals surface area contributed by atoms with Crippen LogP contribution in [0, 0.1) is 5.82 Å². The third kappa shape index (κ3) is 2.84. The van der Waals surface area contributed by atoms with E-state index in [-0.39, 0.29) is 11.3 Å². The largest absolute Gasteiger partial charge is 0.466 e. The van der Waals surface area contributed by atoms with Gasteiger partial charge in [0.1, 0.15) is 11.4 Å². The summed E-state index contributed by atoms with van der Waals surface area (Å²) in [5.41, 5.74) is -5.99. The van der Waals surface area contributed by atoms with Crippen LogP contribution in [0.4, 0.5) is 23.2 Å². The highest BCUT2D eigenvalue weighted by atomic mass is 19.4. The molecule has 1 N–H and O–H groups in total. The number of hydrogen-bond acceptors (Lipinski definition) is 4. The molecule has 1 heterocycles. The maximum Gasteiger partial charge on any atom is 0.431 e. The Bertz CT molecular complexity index is 954. The number of anilines is 1. The molecule has 5 nitrogen and oxygen atoms in total. The Morgan fingerprint density at radius 2 is 1.64 bits per heavy atom. The van der Waals surface area contributed by atoms with E-state index in [4.69, 9.17) is 0 Å². The van der Waals surface area contributed by atoms with Crippen LogP contribution < -0.4 is 4.90 Å². The smallest absolute Gasteiger partial charge is 0.431 e. The fourth-order valence-electron chi connectivity index (χ4n) is 2.97. The molecule has 0 aromatic heterocycles. The molecule has 1 unspecified atom stereocenters. The van der Waals surface area contributed by atoms with Crippen molar-refractivity contribution in [2.75, 3.05) is 12.0 Å². The minimum atomic E-state index is -5.51. The highest BCUT2D eigenvalue weighted by molar-refractivity contribution is 6.25. The summed E-state index contributed by atoms with van der Waals surface area (Å²) in [5, 5.41) is 10.4. The number of ether oxygens (including phenoxy) is 1. The first-order chi connectivity index (χ1) is 13.1. The normalized spacial score (nSPS) is 19.9. The molecule has 0 bridgehead atoms. The lowest BCUT2D eigenvalue weighted by molar-refractivity contribution is -0.236. The minimum absolute atomic E-state index is 0.0563. The van der Waals surface area contributed by atoms with Crippen LogP contribution >= 0.6 is 0 Å². The Labute approximate surface area is 156 Å². The summed E-state index contributed by atoms with van der Waals surface area (Å²) in [5.74, 6) is -4.01.